The van der Waals surface area contributed by atoms with Crippen LogP contribution in [0.1, 0.15) is 43.4 Å². The summed E-state index contributed by atoms with van der Waals surface area (Å²) in [6, 6.07) is 14.4. The molecule has 0 radical (unpaired) electrons. The summed E-state index contributed by atoms with van der Waals surface area (Å²) in [6.45, 7) is 2.06. The third-order valence-corrected chi connectivity index (χ3v) is 6.10. The maximum atomic E-state index is 13.4. The predicted molar refractivity (Wildman–Crippen MR) is 121 cm³/mol. The molecule has 2 aromatic carbocycles. The number of anilines is 1. The highest BCUT2D eigenvalue weighted by Gasteiger charge is 2.27. The van der Waals surface area contributed by atoms with Crippen molar-refractivity contribution in [2.75, 3.05) is 12.1 Å². The van der Waals surface area contributed by atoms with Gasteiger partial charge in [-0.2, -0.15) is 5.10 Å². The van der Waals surface area contributed by atoms with E-state index in [2.05, 4.69) is 5.32 Å². The second kappa shape index (κ2) is 8.49. The van der Waals surface area contributed by atoms with E-state index in [1.54, 1.807) is 18.2 Å². The minimum atomic E-state index is -0.720. The summed E-state index contributed by atoms with van der Waals surface area (Å²) in [5, 5.41) is 7.66. The van der Waals surface area contributed by atoms with Crippen molar-refractivity contribution in [1.29, 1.82) is 0 Å². The van der Waals surface area contributed by atoms with Gasteiger partial charge in [0, 0.05) is 22.9 Å². The Hall–Kier alpha value is -3.61. The minimum absolute atomic E-state index is 0.160. The highest BCUT2D eigenvalue weighted by atomic mass is 16.7. The highest BCUT2D eigenvalue weighted by molar-refractivity contribution is 5.94. The lowest BCUT2D eigenvalue weighted by Gasteiger charge is -2.23. The third-order valence-electron chi connectivity index (χ3n) is 6.10. The molecule has 0 saturated heterocycles. The van der Waals surface area contributed by atoms with E-state index < -0.39 is 6.04 Å². The molecule has 1 N–H and O–H groups in total. The summed E-state index contributed by atoms with van der Waals surface area (Å²) >= 11 is 0. The van der Waals surface area contributed by atoms with E-state index in [4.69, 9.17) is 14.6 Å². The first-order valence-electron chi connectivity index (χ1n) is 11.1. The lowest BCUT2D eigenvalue weighted by atomic mass is 9.89. The van der Waals surface area contributed by atoms with E-state index in [-0.39, 0.29) is 18.3 Å². The molecule has 0 spiro atoms. The summed E-state index contributed by atoms with van der Waals surface area (Å²) in [7, 11) is 0. The molecule has 0 bridgehead atoms. The van der Waals surface area contributed by atoms with Crippen LogP contribution in [0.3, 0.4) is 0 Å². The summed E-state index contributed by atoms with van der Waals surface area (Å²) in [5.74, 6) is 0.956. The van der Waals surface area contributed by atoms with Crippen molar-refractivity contribution in [2.45, 2.75) is 45.1 Å². The summed E-state index contributed by atoms with van der Waals surface area (Å²) in [4.78, 5) is 26.6. The van der Waals surface area contributed by atoms with Crippen LogP contribution in [0.2, 0.25) is 0 Å². The normalized spacial score (nSPS) is 15.2. The van der Waals surface area contributed by atoms with Crippen molar-refractivity contribution < 1.29 is 14.3 Å². The molecular formula is C25H25N3O4. The van der Waals surface area contributed by atoms with Gasteiger partial charge in [-0.3, -0.25) is 9.59 Å². The van der Waals surface area contributed by atoms with Gasteiger partial charge >= 0.3 is 0 Å². The van der Waals surface area contributed by atoms with Gasteiger partial charge in [0.05, 0.1) is 5.69 Å². The van der Waals surface area contributed by atoms with Gasteiger partial charge in [0.1, 0.15) is 6.04 Å². The van der Waals surface area contributed by atoms with Gasteiger partial charge in [-0.1, -0.05) is 37.3 Å². The molecule has 164 valence electrons. The molecule has 7 nitrogen and oxygen atoms in total. The number of rotatable bonds is 5. The van der Waals surface area contributed by atoms with E-state index in [1.165, 1.54) is 4.68 Å². The molecule has 2 heterocycles. The van der Waals surface area contributed by atoms with Crippen LogP contribution in [0.25, 0.3) is 11.3 Å². The average molecular weight is 431 g/mol. The molecule has 3 aromatic rings. The summed E-state index contributed by atoms with van der Waals surface area (Å²) < 4.78 is 12.1. The topological polar surface area (TPSA) is 82.4 Å². The zero-order valence-electron chi connectivity index (χ0n) is 18.0. The molecule has 7 heteroatoms. The van der Waals surface area contributed by atoms with Crippen LogP contribution in [0.5, 0.6) is 11.5 Å². The predicted octanol–water partition coefficient (Wildman–Crippen LogP) is 4.11. The van der Waals surface area contributed by atoms with E-state index in [0.29, 0.717) is 23.6 Å². The van der Waals surface area contributed by atoms with E-state index >= 15 is 0 Å². The van der Waals surface area contributed by atoms with E-state index in [1.807, 2.05) is 37.3 Å². The van der Waals surface area contributed by atoms with Crippen LogP contribution in [-0.4, -0.2) is 22.5 Å². The zero-order chi connectivity index (χ0) is 22.1. The quantitative estimate of drug-likeness (QED) is 0.658. The maximum Gasteiger partial charge on any atom is 0.271 e. The molecule has 1 amide bonds. The van der Waals surface area contributed by atoms with Crippen LogP contribution >= 0.6 is 0 Å². The Morgan fingerprint density at radius 2 is 1.81 bits per heavy atom. The molecule has 2 aliphatic rings. The van der Waals surface area contributed by atoms with Gasteiger partial charge in [0.15, 0.2) is 11.5 Å². The lowest BCUT2D eigenvalue weighted by molar-refractivity contribution is -0.119. The molecular weight excluding hydrogens is 406 g/mol. The Morgan fingerprint density at radius 1 is 1.06 bits per heavy atom. The number of carbonyl (C=O) groups is 1. The number of hydrogen-bond acceptors (Lipinski definition) is 5. The van der Waals surface area contributed by atoms with Crippen molar-refractivity contribution in [3.8, 4) is 22.8 Å². The molecule has 32 heavy (non-hydrogen) atoms. The van der Waals surface area contributed by atoms with Gasteiger partial charge in [0.2, 0.25) is 12.7 Å². The molecule has 1 aliphatic heterocycles. The summed E-state index contributed by atoms with van der Waals surface area (Å²) in [5.41, 5.74) is 4.01. The average Bonchev–Trinajstić information content (AvgIpc) is 3.29. The second-order valence-corrected chi connectivity index (χ2v) is 8.11. The summed E-state index contributed by atoms with van der Waals surface area (Å²) in [6.07, 6.45) is 4.01. The number of fused-ring (bicyclic) bond motifs is 2. The molecule has 0 fully saturated rings. The van der Waals surface area contributed by atoms with Gasteiger partial charge in [0.25, 0.3) is 5.56 Å². The fourth-order valence-electron chi connectivity index (χ4n) is 4.46. The fourth-order valence-corrected chi connectivity index (χ4v) is 4.46. The van der Waals surface area contributed by atoms with Crippen LogP contribution in [0, 0.1) is 0 Å². The van der Waals surface area contributed by atoms with Crippen molar-refractivity contribution >= 4 is 11.6 Å². The third kappa shape index (κ3) is 3.64. The van der Waals surface area contributed by atoms with Crippen LogP contribution < -0.4 is 20.3 Å². The largest absolute Gasteiger partial charge is 0.454 e. The van der Waals surface area contributed by atoms with Crippen LogP contribution in [0.15, 0.2) is 53.3 Å². The van der Waals surface area contributed by atoms with Crippen molar-refractivity contribution in [2.24, 2.45) is 0 Å². The van der Waals surface area contributed by atoms with Gasteiger partial charge in [-0.15, -0.1) is 0 Å². The highest BCUT2D eigenvalue weighted by Crippen LogP contribution is 2.34. The Balaban J connectivity index is 1.53. The molecule has 1 aromatic heterocycles. The Bertz CT molecular complexity index is 1220. The minimum Gasteiger partial charge on any atom is -0.454 e. The number of aromatic nitrogens is 2. The van der Waals surface area contributed by atoms with E-state index in [0.717, 1.165) is 48.1 Å². The van der Waals surface area contributed by atoms with Gasteiger partial charge in [-0.25, -0.2) is 4.68 Å². The number of ether oxygens (including phenoxy) is 2. The number of carbonyl (C=O) groups excluding carboxylic acids is 1. The second-order valence-electron chi connectivity index (χ2n) is 8.11. The van der Waals surface area contributed by atoms with Crippen LogP contribution in [0.4, 0.5) is 5.69 Å². The number of amides is 1. The van der Waals surface area contributed by atoms with Gasteiger partial charge in [-0.05, 0) is 49.8 Å². The first-order chi connectivity index (χ1) is 15.7. The number of nitrogens with zero attached hydrogens (tertiary/aromatic N) is 2. The standard InChI is InChI=1S/C25H25N3O4/c1-2-20(24(29)26-17-12-13-21-22(14-17)32-15-31-21)28-25(30)19-11-7-6-10-18(19)23(27-28)16-8-4-3-5-9-16/h3-5,8-9,12-14,20H,2,6-7,10-11,15H2,1H3,(H,26,29)/t20-/m0/s1. The smallest absolute Gasteiger partial charge is 0.271 e. The Labute approximate surface area is 186 Å². The molecule has 0 unspecified atom stereocenters. The molecule has 1 aliphatic carbocycles. The van der Waals surface area contributed by atoms with Crippen molar-refractivity contribution in [1.82, 2.24) is 9.78 Å². The van der Waals surface area contributed by atoms with Gasteiger partial charge < -0.3 is 14.8 Å². The molecule has 1 atom stereocenters. The zero-order valence-corrected chi connectivity index (χ0v) is 18.0. The SMILES string of the molecule is CC[C@@H](C(=O)Nc1ccc2c(c1)OCO2)n1nc(-c2ccccc2)c2c(c1=O)CCCC2. The first kappa shape index (κ1) is 20.3. The molecule has 0 saturated carbocycles. The first-order valence-corrected chi connectivity index (χ1v) is 11.1. The fraction of sp³-hybridized carbons (Fsp3) is 0.320. The van der Waals surface area contributed by atoms with Crippen molar-refractivity contribution in [3.05, 3.63) is 70.0 Å². The Kier molecular flexibility index (Phi) is 5.39. The number of hydrogen-bond donors (Lipinski definition) is 1. The van der Waals surface area contributed by atoms with E-state index in [9.17, 15) is 9.59 Å². The van der Waals surface area contributed by atoms with Crippen molar-refractivity contribution in [3.63, 3.8) is 0 Å². The lowest BCUT2D eigenvalue weighted by Crippen LogP contribution is -2.38. The maximum absolute atomic E-state index is 13.4. The number of benzene rings is 2. The monoisotopic (exact) mass is 431 g/mol. The van der Waals surface area contributed by atoms with Crippen LogP contribution in [-0.2, 0) is 17.6 Å². The Morgan fingerprint density at radius 3 is 2.59 bits per heavy atom. The number of nitrogens with one attached hydrogen (secondary N) is 1. The molecule has 5 rings (SSSR count).